The summed E-state index contributed by atoms with van der Waals surface area (Å²) in [6.45, 7) is 3.58. The molecule has 2 aliphatic rings. The van der Waals surface area contributed by atoms with Gasteiger partial charge in [0.25, 0.3) is 0 Å². The molecular weight excluding hydrogens is 522 g/mol. The van der Waals surface area contributed by atoms with Crippen LogP contribution in [-0.2, 0) is 24.0 Å². The fourth-order valence-electron chi connectivity index (χ4n) is 3.89. The largest absolute Gasteiger partial charge is 0.508 e. The molecule has 2 heterocycles. The molecule has 15 heteroatoms. The highest BCUT2D eigenvalue weighted by Crippen LogP contribution is 2.27. The summed E-state index contributed by atoms with van der Waals surface area (Å²) >= 11 is 1.06. The van der Waals surface area contributed by atoms with E-state index in [-0.39, 0.29) is 42.4 Å². The monoisotopic (exact) mass is 549 g/mol. The van der Waals surface area contributed by atoms with E-state index < -0.39 is 59.1 Å². The second kappa shape index (κ2) is 11.9. The molecule has 0 spiro atoms. The third kappa shape index (κ3) is 6.22. The number of thioether (sulfide) groups is 1. The molecule has 1 saturated heterocycles. The first-order valence-electron chi connectivity index (χ1n) is 11.6. The Morgan fingerprint density at radius 3 is 2.32 bits per heavy atom. The first-order chi connectivity index (χ1) is 17.9. The molecule has 5 N–H and O–H groups in total. The summed E-state index contributed by atoms with van der Waals surface area (Å²) in [7, 11) is 0. The summed E-state index contributed by atoms with van der Waals surface area (Å²) in [6, 6.07) is 0.880. The number of carboxylic acids is 2. The number of piperazine rings is 1. The number of aliphatic imine (C=N–C) groups is 1. The van der Waals surface area contributed by atoms with Crippen molar-refractivity contribution in [3.05, 3.63) is 29.8 Å². The number of phenolic OH excluding ortho intramolecular Hbond substituents is 1. The lowest BCUT2D eigenvalue weighted by Crippen LogP contribution is -2.59. The number of phenols is 1. The number of aromatic hydroxyl groups is 1. The highest BCUT2D eigenvalue weighted by molar-refractivity contribution is 8.00. The van der Waals surface area contributed by atoms with Crippen LogP contribution in [0, 0.1) is 5.92 Å². The number of nitrogens with zero attached hydrogens (tertiary/aromatic N) is 3. The number of carbonyl (C=O) groups is 6. The molecule has 4 atom stereocenters. The first-order valence-corrected chi connectivity index (χ1v) is 12.6. The van der Waals surface area contributed by atoms with Gasteiger partial charge in [-0.3, -0.25) is 24.3 Å². The average Bonchev–Trinajstić information content (AvgIpc) is 2.87. The first kappa shape index (κ1) is 28.4. The van der Waals surface area contributed by atoms with Crippen molar-refractivity contribution in [1.82, 2.24) is 20.4 Å². The van der Waals surface area contributed by atoms with Crippen LogP contribution in [0.4, 0.5) is 4.79 Å². The molecule has 0 saturated carbocycles. The number of urea groups is 1. The Kier molecular flexibility index (Phi) is 8.93. The zero-order valence-corrected chi connectivity index (χ0v) is 21.3. The standard InChI is InChI=1S/C23H27N5O9S/c1-3-27-8-9-28(20(32)19(27)31)23(37)26-15(12-4-6-13(29)7-5-12)17(30)24-16(22(35)36)18-25-14(21(33)34)11(2)10-38-18/h4-7,11,15-16,18,29H,3,8-10H2,1-2H3,(H,24,30)(H,26,37)(H,33,34)(H,35,36)/t11-,15+,16-,18+/m0/s1. The number of nitrogens with one attached hydrogen (secondary N) is 2. The predicted molar refractivity (Wildman–Crippen MR) is 133 cm³/mol. The summed E-state index contributed by atoms with van der Waals surface area (Å²) in [6.07, 6.45) is 0. The predicted octanol–water partition coefficient (Wildman–Crippen LogP) is -0.362. The van der Waals surface area contributed by atoms with Gasteiger partial charge in [-0.1, -0.05) is 19.1 Å². The van der Waals surface area contributed by atoms with Gasteiger partial charge < -0.3 is 30.9 Å². The SMILES string of the molecule is CCN1CCN(C(=O)N[C@@H](C(=O)N[C@H](C(=O)O)[C@@H]2N=C(C(=O)O)[C@@H](C)CS2)c2ccc(O)cc2)C(=O)C1=O. The molecule has 204 valence electrons. The minimum absolute atomic E-state index is 0.104. The number of hydrogen-bond acceptors (Lipinski definition) is 9. The number of aliphatic carboxylic acids is 2. The average molecular weight is 550 g/mol. The van der Waals surface area contributed by atoms with E-state index in [0.29, 0.717) is 4.90 Å². The maximum atomic E-state index is 13.3. The lowest BCUT2D eigenvalue weighted by molar-refractivity contribution is -0.153. The molecule has 0 radical (unpaired) electrons. The van der Waals surface area contributed by atoms with Crippen LogP contribution in [0.2, 0.25) is 0 Å². The maximum absolute atomic E-state index is 13.3. The fourth-order valence-corrected chi connectivity index (χ4v) is 5.10. The highest BCUT2D eigenvalue weighted by Gasteiger charge is 2.40. The van der Waals surface area contributed by atoms with E-state index in [1.54, 1.807) is 13.8 Å². The minimum atomic E-state index is -1.65. The van der Waals surface area contributed by atoms with Crippen molar-refractivity contribution in [2.24, 2.45) is 10.9 Å². The molecule has 1 aromatic rings. The van der Waals surface area contributed by atoms with Gasteiger partial charge in [0.05, 0.1) is 0 Å². The van der Waals surface area contributed by atoms with Gasteiger partial charge in [-0.05, 0) is 24.6 Å². The molecule has 14 nitrogen and oxygen atoms in total. The van der Waals surface area contributed by atoms with Gasteiger partial charge in [-0.2, -0.15) is 0 Å². The molecular formula is C23H27N5O9S. The number of likely N-dealkylation sites (N-methyl/N-ethyl adjacent to an activating group) is 1. The van der Waals surface area contributed by atoms with Gasteiger partial charge >= 0.3 is 29.8 Å². The molecule has 2 aliphatic heterocycles. The van der Waals surface area contributed by atoms with Crippen LogP contribution in [0.15, 0.2) is 29.3 Å². The number of carboxylic acid groups (broad SMARTS) is 2. The Morgan fingerprint density at radius 2 is 1.74 bits per heavy atom. The molecule has 1 aromatic carbocycles. The minimum Gasteiger partial charge on any atom is -0.508 e. The van der Waals surface area contributed by atoms with E-state index in [1.165, 1.54) is 29.2 Å². The Labute approximate surface area is 221 Å². The van der Waals surface area contributed by atoms with Crippen LogP contribution >= 0.6 is 11.8 Å². The lowest BCUT2D eigenvalue weighted by atomic mass is 10.0. The summed E-state index contributed by atoms with van der Waals surface area (Å²) < 4.78 is 0. The normalized spacial score (nSPS) is 21.3. The van der Waals surface area contributed by atoms with Gasteiger partial charge in [-0.25, -0.2) is 14.4 Å². The van der Waals surface area contributed by atoms with E-state index in [1.807, 2.05) is 0 Å². The van der Waals surface area contributed by atoms with Crippen LogP contribution in [-0.4, -0.2) is 103 Å². The molecule has 5 amide bonds. The highest BCUT2D eigenvalue weighted by atomic mass is 32.2. The summed E-state index contributed by atoms with van der Waals surface area (Å²) in [4.78, 5) is 80.4. The van der Waals surface area contributed by atoms with Crippen LogP contribution in [0.5, 0.6) is 5.75 Å². The molecule has 3 rings (SSSR count). The lowest BCUT2D eigenvalue weighted by Gasteiger charge is -2.33. The van der Waals surface area contributed by atoms with Gasteiger partial charge in [0.1, 0.15) is 22.9 Å². The van der Waals surface area contributed by atoms with Crippen LogP contribution in [0.3, 0.4) is 0 Å². The van der Waals surface area contributed by atoms with Crippen LogP contribution in [0.25, 0.3) is 0 Å². The van der Waals surface area contributed by atoms with Crippen molar-refractivity contribution in [2.75, 3.05) is 25.4 Å². The smallest absolute Gasteiger partial charge is 0.350 e. The maximum Gasteiger partial charge on any atom is 0.350 e. The van der Waals surface area contributed by atoms with E-state index in [4.69, 9.17) is 0 Å². The van der Waals surface area contributed by atoms with Crippen LogP contribution < -0.4 is 10.6 Å². The summed E-state index contributed by atoms with van der Waals surface area (Å²) in [5.74, 6) is -6.03. The Hall–Kier alpha value is -4.14. The number of benzene rings is 1. The summed E-state index contributed by atoms with van der Waals surface area (Å²) in [5, 5.41) is 32.3. The molecule has 0 unspecified atom stereocenters. The Bertz CT molecular complexity index is 1170. The van der Waals surface area contributed by atoms with E-state index >= 15 is 0 Å². The van der Waals surface area contributed by atoms with Gasteiger partial charge in [0.2, 0.25) is 5.91 Å². The number of amides is 5. The Morgan fingerprint density at radius 1 is 1.08 bits per heavy atom. The molecule has 38 heavy (non-hydrogen) atoms. The van der Waals surface area contributed by atoms with Gasteiger partial charge in [0.15, 0.2) is 6.04 Å². The fraction of sp³-hybridized carbons (Fsp3) is 0.435. The zero-order chi connectivity index (χ0) is 28.1. The third-order valence-corrected chi connectivity index (χ3v) is 7.42. The van der Waals surface area contributed by atoms with Crippen molar-refractivity contribution >= 4 is 53.2 Å². The van der Waals surface area contributed by atoms with E-state index in [2.05, 4.69) is 15.6 Å². The Balaban J connectivity index is 1.86. The van der Waals surface area contributed by atoms with Gasteiger partial charge in [0, 0.05) is 31.3 Å². The topological polar surface area (TPSA) is 206 Å². The van der Waals surface area contributed by atoms with Gasteiger partial charge in [-0.15, -0.1) is 11.8 Å². The number of rotatable bonds is 8. The quantitative estimate of drug-likeness (QED) is 0.266. The van der Waals surface area contributed by atoms with E-state index in [9.17, 15) is 44.1 Å². The molecule has 0 aliphatic carbocycles. The molecule has 0 bridgehead atoms. The number of imide groups is 1. The second-order valence-corrected chi connectivity index (χ2v) is 9.73. The second-order valence-electron chi connectivity index (χ2n) is 8.58. The van der Waals surface area contributed by atoms with Crippen molar-refractivity contribution < 1.29 is 44.1 Å². The third-order valence-electron chi connectivity index (χ3n) is 6.01. The number of hydrogen-bond donors (Lipinski definition) is 5. The van der Waals surface area contributed by atoms with Crippen molar-refractivity contribution in [1.29, 1.82) is 0 Å². The number of carbonyl (C=O) groups excluding carboxylic acids is 4. The van der Waals surface area contributed by atoms with Crippen molar-refractivity contribution in [2.45, 2.75) is 31.3 Å². The molecule has 1 fully saturated rings. The van der Waals surface area contributed by atoms with Crippen LogP contribution in [0.1, 0.15) is 25.5 Å². The van der Waals surface area contributed by atoms with E-state index in [0.717, 1.165) is 11.8 Å². The zero-order valence-electron chi connectivity index (χ0n) is 20.5. The van der Waals surface area contributed by atoms with Crippen molar-refractivity contribution in [3.63, 3.8) is 0 Å². The van der Waals surface area contributed by atoms with Crippen molar-refractivity contribution in [3.8, 4) is 5.75 Å². The molecule has 0 aromatic heterocycles. The summed E-state index contributed by atoms with van der Waals surface area (Å²) in [5.41, 5.74) is -0.0737.